The van der Waals surface area contributed by atoms with E-state index < -0.39 is 46.0 Å². The second-order valence-corrected chi connectivity index (χ2v) is 28.8. The monoisotopic (exact) mass is 794 g/mol. The van der Waals surface area contributed by atoms with Crippen molar-refractivity contribution in [2.24, 2.45) is 17.8 Å². The summed E-state index contributed by atoms with van der Waals surface area (Å²) >= 11 is 0. The van der Waals surface area contributed by atoms with E-state index in [1.807, 2.05) is 0 Å². The molecule has 1 fully saturated rings. The molecule has 0 saturated carbocycles. The van der Waals surface area contributed by atoms with Crippen LogP contribution in [0.15, 0.2) is 48.1 Å². The van der Waals surface area contributed by atoms with Gasteiger partial charge in [-0.15, -0.1) is 0 Å². The molecule has 0 amide bonds. The lowest BCUT2D eigenvalue weighted by atomic mass is 9.66. The van der Waals surface area contributed by atoms with E-state index in [2.05, 4.69) is 92.9 Å². The highest BCUT2D eigenvalue weighted by molar-refractivity contribution is 6.74. The molecule has 1 aliphatic heterocycles. The average molecular weight is 795 g/mol. The topological polar surface area (TPSA) is 80.3 Å². The third kappa shape index (κ3) is 11.0. The van der Waals surface area contributed by atoms with Gasteiger partial charge in [0, 0.05) is 18.8 Å². The summed E-state index contributed by atoms with van der Waals surface area (Å²) in [5.74, 6) is -0.601. The molecule has 4 rings (SSSR count). The predicted octanol–water partition coefficient (Wildman–Crippen LogP) is 10.9. The number of hydrogen-bond donors (Lipinski definition) is 0. The molecule has 3 aliphatic rings. The van der Waals surface area contributed by atoms with Crippen molar-refractivity contribution in [3.8, 4) is 0 Å². The van der Waals surface area contributed by atoms with Gasteiger partial charge in [0.05, 0.1) is 30.8 Å². The molecule has 1 heterocycles. The highest BCUT2D eigenvalue weighted by atomic mass is 28.4. The zero-order chi connectivity index (χ0) is 40.7. The lowest BCUT2D eigenvalue weighted by molar-refractivity contribution is -0.180. The smallest absolute Gasteiger partial charge is 0.416 e. The van der Waals surface area contributed by atoms with Gasteiger partial charge < -0.3 is 23.1 Å². The summed E-state index contributed by atoms with van der Waals surface area (Å²) in [6, 6.07) is 4.74. The van der Waals surface area contributed by atoms with Crippen LogP contribution in [0.5, 0.6) is 0 Å². The van der Waals surface area contributed by atoms with Crippen molar-refractivity contribution >= 4 is 28.6 Å². The van der Waals surface area contributed by atoms with Gasteiger partial charge >= 0.3 is 18.1 Å². The Balaban J connectivity index is 1.54. The Hall–Kier alpha value is -2.26. The Morgan fingerprint density at radius 2 is 1.46 bits per heavy atom. The molecule has 1 aromatic rings. The molecule has 0 unspecified atom stereocenters. The van der Waals surface area contributed by atoms with Gasteiger partial charge in [-0.3, -0.25) is 4.79 Å². The quantitative estimate of drug-likeness (QED) is 0.154. The van der Waals surface area contributed by atoms with Crippen LogP contribution in [0.4, 0.5) is 13.2 Å². The Bertz CT molecular complexity index is 1540. The Kier molecular flexibility index (Phi) is 13.4. The van der Waals surface area contributed by atoms with Crippen molar-refractivity contribution in [2.75, 3.05) is 0 Å². The van der Waals surface area contributed by atoms with E-state index in [4.69, 9.17) is 23.1 Å². The summed E-state index contributed by atoms with van der Waals surface area (Å²) < 4.78 is 71.2. The largest absolute Gasteiger partial charge is 0.462 e. The van der Waals surface area contributed by atoms with Crippen LogP contribution in [0, 0.1) is 17.8 Å². The van der Waals surface area contributed by atoms with E-state index in [0.717, 1.165) is 24.1 Å². The van der Waals surface area contributed by atoms with Crippen molar-refractivity contribution in [3.63, 3.8) is 0 Å². The summed E-state index contributed by atoms with van der Waals surface area (Å²) in [4.78, 5) is 26.8. The van der Waals surface area contributed by atoms with Gasteiger partial charge in [0.2, 0.25) is 0 Å². The van der Waals surface area contributed by atoms with Crippen molar-refractivity contribution in [1.82, 2.24) is 0 Å². The number of alkyl halides is 3. The molecule has 7 atom stereocenters. The number of esters is 2. The molecule has 1 aromatic carbocycles. The minimum absolute atomic E-state index is 0.0221. The van der Waals surface area contributed by atoms with Crippen LogP contribution >= 0.6 is 0 Å². The SMILES string of the molecule is C[C@H]1C=CC2=C[C@@H](O[Si](C)(C)C(C)(C)C)C[C@H](OC(=O)C(C)(C)OCc3ccc(C(F)(F)F)cc3)[C@@H]2[C@H]1CC[C@@H]1C[C@@H](O[Si](C)(C)C(C)(C)C)CC(=O)O1. The Labute approximate surface area is 324 Å². The molecular weight excluding hydrogens is 730 g/mol. The fourth-order valence-corrected chi connectivity index (χ4v) is 9.72. The van der Waals surface area contributed by atoms with Gasteiger partial charge in [0.1, 0.15) is 12.2 Å². The Morgan fingerprint density at radius 1 is 0.870 bits per heavy atom. The maximum Gasteiger partial charge on any atom is 0.416 e. The number of hydrogen-bond acceptors (Lipinski definition) is 7. The lowest BCUT2D eigenvalue weighted by Crippen LogP contribution is -2.50. The first-order chi connectivity index (χ1) is 24.6. The van der Waals surface area contributed by atoms with E-state index in [0.29, 0.717) is 24.8 Å². The van der Waals surface area contributed by atoms with Crippen LogP contribution in [0.25, 0.3) is 0 Å². The van der Waals surface area contributed by atoms with Crippen LogP contribution in [0.1, 0.15) is 106 Å². The summed E-state index contributed by atoms with van der Waals surface area (Å²) in [7, 11) is -4.28. The summed E-state index contributed by atoms with van der Waals surface area (Å²) in [5, 5.41) is 0.00353. The summed E-state index contributed by atoms with van der Waals surface area (Å²) in [5.41, 5.74) is -0.525. The molecule has 1 saturated heterocycles. The standard InChI is InChI=1S/C42H65F3O7Si2/c1-27-14-17-29-22-32(51-53(10,11)39(2,3)4)24-35(50-38(47)41(8,9)48-26-28-15-18-30(19-16-28)42(43,44)45)37(29)34(27)21-20-31-23-33(25-36(46)49-31)52-54(12,13)40(5,6)7/h14-19,22,27,31-35,37H,20-21,23-26H2,1-13H3/t27-,31+,32+,33+,34-,35-,37-/m0/s1. The predicted molar refractivity (Wildman–Crippen MR) is 211 cm³/mol. The van der Waals surface area contributed by atoms with Crippen LogP contribution in [-0.4, -0.2) is 58.6 Å². The minimum Gasteiger partial charge on any atom is -0.462 e. The molecule has 0 bridgehead atoms. The molecule has 54 heavy (non-hydrogen) atoms. The van der Waals surface area contributed by atoms with Crippen molar-refractivity contribution < 1.29 is 45.8 Å². The van der Waals surface area contributed by atoms with E-state index in [-0.39, 0.29) is 65.1 Å². The molecule has 0 radical (unpaired) electrons. The van der Waals surface area contributed by atoms with Crippen molar-refractivity contribution in [1.29, 1.82) is 0 Å². The van der Waals surface area contributed by atoms with E-state index in [9.17, 15) is 22.8 Å². The molecule has 0 N–H and O–H groups in total. The molecular formula is C42H65F3O7Si2. The summed E-state index contributed by atoms with van der Waals surface area (Å²) in [6.07, 6.45) is 3.78. The van der Waals surface area contributed by atoms with Gasteiger partial charge in [0.15, 0.2) is 22.2 Å². The number of ether oxygens (including phenoxy) is 3. The van der Waals surface area contributed by atoms with Gasteiger partial charge in [-0.05, 0) is 98.1 Å². The first kappa shape index (κ1) is 44.5. The number of cyclic esters (lactones) is 1. The number of fused-ring (bicyclic) bond motifs is 1. The van der Waals surface area contributed by atoms with Crippen molar-refractivity contribution in [3.05, 3.63) is 59.2 Å². The number of carbonyl (C=O) groups excluding carboxylic acids is 2. The zero-order valence-electron chi connectivity index (χ0n) is 34.8. The maximum absolute atomic E-state index is 14.0. The highest BCUT2D eigenvalue weighted by Gasteiger charge is 2.48. The second kappa shape index (κ2) is 16.3. The molecule has 12 heteroatoms. The van der Waals surface area contributed by atoms with E-state index in [1.54, 1.807) is 13.8 Å². The van der Waals surface area contributed by atoms with Crippen molar-refractivity contribution in [2.45, 2.75) is 173 Å². The fraction of sp³-hybridized carbons (Fsp3) is 0.714. The van der Waals surface area contributed by atoms with Crippen LogP contribution in [0.2, 0.25) is 36.3 Å². The average Bonchev–Trinajstić information content (AvgIpc) is 3.01. The molecule has 304 valence electrons. The van der Waals surface area contributed by atoms with Gasteiger partial charge in [-0.25, -0.2) is 4.79 Å². The van der Waals surface area contributed by atoms with Gasteiger partial charge in [-0.2, -0.15) is 13.2 Å². The van der Waals surface area contributed by atoms with Crippen LogP contribution in [-0.2, 0) is 45.4 Å². The highest BCUT2D eigenvalue weighted by Crippen LogP contribution is 2.47. The fourth-order valence-electron chi connectivity index (χ4n) is 7.08. The normalized spacial score (nSPS) is 27.2. The second-order valence-electron chi connectivity index (χ2n) is 19.3. The first-order valence-corrected chi connectivity index (χ1v) is 25.4. The number of carbonyl (C=O) groups is 2. The number of halogens is 3. The van der Waals surface area contributed by atoms with Crippen LogP contribution < -0.4 is 0 Å². The Morgan fingerprint density at radius 3 is 2.04 bits per heavy atom. The van der Waals surface area contributed by atoms with Gasteiger partial charge in [-0.1, -0.05) is 78.8 Å². The maximum atomic E-state index is 14.0. The minimum atomic E-state index is -4.44. The third-order valence-electron chi connectivity index (χ3n) is 12.5. The number of benzene rings is 1. The molecule has 0 spiro atoms. The summed E-state index contributed by atoms with van der Waals surface area (Å²) in [6.45, 7) is 27.4. The zero-order valence-corrected chi connectivity index (χ0v) is 36.8. The van der Waals surface area contributed by atoms with E-state index >= 15 is 0 Å². The molecule has 0 aromatic heterocycles. The lowest BCUT2D eigenvalue weighted by Gasteiger charge is -2.46. The van der Waals surface area contributed by atoms with Gasteiger partial charge in [0.25, 0.3) is 0 Å². The molecule has 2 aliphatic carbocycles. The number of allylic oxidation sites excluding steroid dienone is 2. The first-order valence-electron chi connectivity index (χ1n) is 19.6. The van der Waals surface area contributed by atoms with Crippen LogP contribution in [0.3, 0.4) is 0 Å². The molecule has 7 nitrogen and oxygen atoms in total. The van der Waals surface area contributed by atoms with E-state index in [1.165, 1.54) is 12.1 Å². The number of rotatable bonds is 12. The third-order valence-corrected chi connectivity index (χ3v) is 21.6.